The van der Waals surface area contributed by atoms with E-state index in [-0.39, 0.29) is 22.6 Å². The Bertz CT molecular complexity index is 1050. The predicted molar refractivity (Wildman–Crippen MR) is 122 cm³/mol. The molecule has 0 heterocycles. The Morgan fingerprint density at radius 2 is 1.68 bits per heavy atom. The largest absolute Gasteiger partial charge is 0.465 e. The highest BCUT2D eigenvalue weighted by atomic mass is 32.2. The highest BCUT2D eigenvalue weighted by Gasteiger charge is 2.21. The molecule has 7 nitrogen and oxygen atoms in total. The molecule has 0 fully saturated rings. The molecule has 2 aromatic carbocycles. The number of ether oxygens (including phenoxy) is 1. The van der Waals surface area contributed by atoms with Gasteiger partial charge in [0.15, 0.2) is 0 Å². The van der Waals surface area contributed by atoms with Crippen molar-refractivity contribution in [2.75, 3.05) is 18.1 Å². The van der Waals surface area contributed by atoms with Crippen molar-refractivity contribution in [2.24, 2.45) is 0 Å². The number of carbonyl (C=O) groups is 2. The summed E-state index contributed by atoms with van der Waals surface area (Å²) in [5.74, 6) is -1.45. The number of hydrogen-bond acceptors (Lipinski definition) is 5. The maximum Gasteiger partial charge on any atom is 0.340 e. The first kappa shape index (κ1) is 24.4. The molecule has 31 heavy (non-hydrogen) atoms. The second kappa shape index (κ2) is 9.51. The number of amides is 1. The van der Waals surface area contributed by atoms with Gasteiger partial charge in [0.2, 0.25) is 15.9 Å². The minimum atomic E-state index is -3.58. The van der Waals surface area contributed by atoms with E-state index < -0.39 is 21.9 Å². The Morgan fingerprint density at radius 3 is 2.19 bits per heavy atom. The van der Waals surface area contributed by atoms with Crippen LogP contribution in [0.4, 0.5) is 5.69 Å². The molecule has 0 aliphatic carbocycles. The van der Waals surface area contributed by atoms with Gasteiger partial charge in [0, 0.05) is 6.54 Å². The summed E-state index contributed by atoms with van der Waals surface area (Å²) < 4.78 is 30.2. The summed E-state index contributed by atoms with van der Waals surface area (Å²) >= 11 is 0. The number of methoxy groups -OCH3 is 1. The molecule has 2 aromatic rings. The van der Waals surface area contributed by atoms with Crippen LogP contribution in [0.2, 0.25) is 0 Å². The lowest BCUT2D eigenvalue weighted by molar-refractivity contribution is -0.122. The summed E-state index contributed by atoms with van der Waals surface area (Å²) in [6.45, 7) is 8.53. The van der Waals surface area contributed by atoms with Gasteiger partial charge in [-0.3, -0.25) is 9.52 Å². The Morgan fingerprint density at radius 1 is 1.06 bits per heavy atom. The molecular weight excluding hydrogens is 416 g/mol. The predicted octanol–water partition coefficient (Wildman–Crippen LogP) is 3.56. The highest BCUT2D eigenvalue weighted by molar-refractivity contribution is 7.92. The fourth-order valence-corrected chi connectivity index (χ4v) is 3.59. The SMILES string of the molecule is COC(=O)c1cc(C(C)C(=O)NCc2ccc(C(C)(C)C)cc2)ccc1NS(C)(=O)=O. The molecule has 8 heteroatoms. The molecule has 2 rings (SSSR count). The van der Waals surface area contributed by atoms with E-state index in [1.54, 1.807) is 13.0 Å². The van der Waals surface area contributed by atoms with E-state index in [1.807, 2.05) is 12.1 Å². The van der Waals surface area contributed by atoms with Crippen molar-refractivity contribution in [3.63, 3.8) is 0 Å². The summed E-state index contributed by atoms with van der Waals surface area (Å²) in [7, 11) is -2.37. The van der Waals surface area contributed by atoms with Crippen LogP contribution in [0, 0.1) is 0 Å². The number of carbonyl (C=O) groups excluding carboxylic acids is 2. The minimum absolute atomic E-state index is 0.0443. The molecule has 0 aliphatic heterocycles. The molecule has 1 atom stereocenters. The Labute approximate surface area is 184 Å². The highest BCUT2D eigenvalue weighted by Crippen LogP contribution is 2.25. The Kier molecular flexibility index (Phi) is 7.49. The summed E-state index contributed by atoms with van der Waals surface area (Å²) in [5, 5.41) is 2.90. The van der Waals surface area contributed by atoms with Gasteiger partial charge in [-0.05, 0) is 41.2 Å². The van der Waals surface area contributed by atoms with Crippen LogP contribution in [0.3, 0.4) is 0 Å². The van der Waals surface area contributed by atoms with Gasteiger partial charge in [-0.1, -0.05) is 51.1 Å². The van der Waals surface area contributed by atoms with Crippen LogP contribution in [-0.4, -0.2) is 33.7 Å². The number of esters is 1. The van der Waals surface area contributed by atoms with Crippen LogP contribution in [0.15, 0.2) is 42.5 Å². The van der Waals surface area contributed by atoms with Gasteiger partial charge in [-0.25, -0.2) is 13.2 Å². The van der Waals surface area contributed by atoms with E-state index in [0.717, 1.165) is 11.8 Å². The summed E-state index contributed by atoms with van der Waals surface area (Å²) in [5.41, 5.74) is 2.98. The zero-order valence-electron chi connectivity index (χ0n) is 18.8. The maximum absolute atomic E-state index is 12.7. The second-order valence-electron chi connectivity index (χ2n) is 8.56. The molecule has 1 amide bonds. The first-order valence-electron chi connectivity index (χ1n) is 9.89. The van der Waals surface area contributed by atoms with E-state index in [2.05, 4.69) is 42.9 Å². The zero-order chi connectivity index (χ0) is 23.4. The molecule has 0 bridgehead atoms. The van der Waals surface area contributed by atoms with Crippen molar-refractivity contribution in [2.45, 2.75) is 45.6 Å². The van der Waals surface area contributed by atoms with Gasteiger partial charge in [-0.15, -0.1) is 0 Å². The average Bonchev–Trinajstić information content (AvgIpc) is 2.69. The average molecular weight is 447 g/mol. The van der Waals surface area contributed by atoms with E-state index in [9.17, 15) is 18.0 Å². The first-order valence-corrected chi connectivity index (χ1v) is 11.8. The third kappa shape index (κ3) is 6.82. The van der Waals surface area contributed by atoms with Gasteiger partial charge in [-0.2, -0.15) is 0 Å². The van der Waals surface area contributed by atoms with Crippen molar-refractivity contribution in [3.8, 4) is 0 Å². The molecule has 0 radical (unpaired) electrons. The van der Waals surface area contributed by atoms with Gasteiger partial charge in [0.25, 0.3) is 0 Å². The number of anilines is 1. The topological polar surface area (TPSA) is 102 Å². The monoisotopic (exact) mass is 446 g/mol. The number of nitrogens with one attached hydrogen (secondary N) is 2. The van der Waals surface area contributed by atoms with Crippen LogP contribution in [0.5, 0.6) is 0 Å². The minimum Gasteiger partial charge on any atom is -0.465 e. The fraction of sp³-hybridized carbons (Fsp3) is 0.391. The van der Waals surface area contributed by atoms with Gasteiger partial charge in [0.1, 0.15) is 0 Å². The lowest BCUT2D eigenvalue weighted by atomic mass is 9.87. The third-order valence-electron chi connectivity index (χ3n) is 4.92. The summed E-state index contributed by atoms with van der Waals surface area (Å²) in [4.78, 5) is 24.8. The van der Waals surface area contributed by atoms with Crippen molar-refractivity contribution in [1.82, 2.24) is 5.32 Å². The van der Waals surface area contributed by atoms with Crippen LogP contribution in [0.1, 0.15) is 60.7 Å². The molecule has 0 aromatic heterocycles. The van der Waals surface area contributed by atoms with Gasteiger partial charge in [0.05, 0.1) is 30.5 Å². The van der Waals surface area contributed by atoms with Crippen molar-refractivity contribution in [3.05, 3.63) is 64.7 Å². The van der Waals surface area contributed by atoms with E-state index >= 15 is 0 Å². The normalized spacial score (nSPS) is 12.7. The zero-order valence-corrected chi connectivity index (χ0v) is 19.6. The lowest BCUT2D eigenvalue weighted by Crippen LogP contribution is -2.27. The lowest BCUT2D eigenvalue weighted by Gasteiger charge is -2.19. The molecule has 0 saturated heterocycles. The molecule has 0 saturated carbocycles. The molecule has 0 aliphatic rings. The van der Waals surface area contributed by atoms with E-state index in [1.165, 1.54) is 24.8 Å². The number of sulfonamides is 1. The number of hydrogen-bond donors (Lipinski definition) is 2. The first-order chi connectivity index (χ1) is 14.3. The van der Waals surface area contributed by atoms with E-state index in [4.69, 9.17) is 4.74 Å². The van der Waals surface area contributed by atoms with Crippen LogP contribution >= 0.6 is 0 Å². The van der Waals surface area contributed by atoms with Gasteiger partial charge >= 0.3 is 5.97 Å². The van der Waals surface area contributed by atoms with Crippen molar-refractivity contribution >= 4 is 27.6 Å². The second-order valence-corrected chi connectivity index (χ2v) is 10.3. The van der Waals surface area contributed by atoms with E-state index in [0.29, 0.717) is 12.1 Å². The maximum atomic E-state index is 12.7. The summed E-state index contributed by atoms with van der Waals surface area (Å²) in [6, 6.07) is 12.6. The Hall–Kier alpha value is -2.87. The molecule has 2 N–H and O–H groups in total. The number of rotatable bonds is 7. The van der Waals surface area contributed by atoms with Crippen LogP contribution < -0.4 is 10.0 Å². The van der Waals surface area contributed by atoms with Crippen molar-refractivity contribution in [1.29, 1.82) is 0 Å². The smallest absolute Gasteiger partial charge is 0.340 e. The van der Waals surface area contributed by atoms with Gasteiger partial charge < -0.3 is 10.1 Å². The van der Waals surface area contributed by atoms with Crippen LogP contribution in [-0.2, 0) is 31.5 Å². The Balaban J connectivity index is 2.15. The summed E-state index contributed by atoms with van der Waals surface area (Å²) in [6.07, 6.45) is 0.992. The molecule has 168 valence electrons. The van der Waals surface area contributed by atoms with Crippen molar-refractivity contribution < 1.29 is 22.7 Å². The molecular formula is C23H30N2O5S. The molecule has 0 spiro atoms. The standard InChI is InChI=1S/C23H30N2O5S/c1-15(21(26)24-14-16-7-10-18(11-8-16)23(2,3)4)17-9-12-20(25-31(6,28)29)19(13-17)22(27)30-5/h7-13,15,25H,14H2,1-6H3,(H,24,26). The van der Waals surface area contributed by atoms with Crippen LogP contribution in [0.25, 0.3) is 0 Å². The third-order valence-corrected chi connectivity index (χ3v) is 5.51. The quantitative estimate of drug-likeness (QED) is 0.633. The fourth-order valence-electron chi connectivity index (χ4n) is 3.02. The number of benzene rings is 2. The molecule has 1 unspecified atom stereocenters.